The number of nitrogens with one attached hydrogen (secondary N) is 1. The van der Waals surface area contributed by atoms with Crippen molar-refractivity contribution in [1.82, 2.24) is 9.38 Å². The molecule has 4 aromatic rings. The number of hydrogen-bond acceptors (Lipinski definition) is 3. The Labute approximate surface area is 163 Å². The minimum atomic E-state index is -0.172. The molecule has 5 heteroatoms. The molecular weight excluding hydrogens is 350 g/mol. The average molecular weight is 371 g/mol. The van der Waals surface area contributed by atoms with E-state index in [0.717, 1.165) is 34.8 Å². The van der Waals surface area contributed by atoms with Gasteiger partial charge in [0.25, 0.3) is 5.91 Å². The number of nitrogens with zero attached hydrogens (tertiary/aromatic N) is 2. The lowest BCUT2D eigenvalue weighted by atomic mass is 10.2. The fourth-order valence-corrected chi connectivity index (χ4v) is 2.93. The van der Waals surface area contributed by atoms with E-state index in [-0.39, 0.29) is 5.91 Å². The molecule has 0 bridgehead atoms. The van der Waals surface area contributed by atoms with Crippen molar-refractivity contribution in [3.8, 4) is 17.0 Å². The van der Waals surface area contributed by atoms with Crippen LogP contribution < -0.4 is 10.1 Å². The molecule has 0 saturated carbocycles. The molecule has 2 aromatic carbocycles. The standard InChI is InChI=1S/C23H21N3O2/c1-2-14-28-20-10-8-19(9-11-20)24-23(27)18-12-13-26-16-21(25-22(26)15-18)17-6-4-3-5-7-17/h3-13,15-16H,2,14H2,1H3,(H,24,27). The maximum absolute atomic E-state index is 12.6. The molecule has 0 aliphatic heterocycles. The molecule has 1 amide bonds. The molecule has 0 aliphatic rings. The first kappa shape index (κ1) is 17.8. The van der Waals surface area contributed by atoms with Crippen LogP contribution in [0.2, 0.25) is 0 Å². The number of carbonyl (C=O) groups is 1. The normalized spacial score (nSPS) is 10.8. The predicted octanol–water partition coefficient (Wildman–Crippen LogP) is 5.04. The lowest BCUT2D eigenvalue weighted by molar-refractivity contribution is 0.102. The zero-order valence-corrected chi connectivity index (χ0v) is 15.6. The molecule has 5 nitrogen and oxygen atoms in total. The van der Waals surface area contributed by atoms with E-state index >= 15 is 0 Å². The number of benzene rings is 2. The van der Waals surface area contributed by atoms with Gasteiger partial charge in [-0.2, -0.15) is 0 Å². The quantitative estimate of drug-likeness (QED) is 0.516. The van der Waals surface area contributed by atoms with Gasteiger partial charge in [-0.25, -0.2) is 4.98 Å². The summed E-state index contributed by atoms with van der Waals surface area (Å²) in [5, 5.41) is 2.91. The molecule has 0 aliphatic carbocycles. The van der Waals surface area contributed by atoms with Gasteiger partial charge in [0.05, 0.1) is 12.3 Å². The van der Waals surface area contributed by atoms with Crippen molar-refractivity contribution in [3.05, 3.63) is 84.7 Å². The minimum absolute atomic E-state index is 0.172. The van der Waals surface area contributed by atoms with Gasteiger partial charge in [0.1, 0.15) is 11.4 Å². The summed E-state index contributed by atoms with van der Waals surface area (Å²) in [6, 6.07) is 20.9. The first-order valence-electron chi connectivity index (χ1n) is 9.31. The fraction of sp³-hybridized carbons (Fsp3) is 0.130. The average Bonchev–Trinajstić information content (AvgIpc) is 3.17. The van der Waals surface area contributed by atoms with Crippen LogP contribution in [-0.2, 0) is 0 Å². The highest BCUT2D eigenvalue weighted by Crippen LogP contribution is 2.20. The first-order chi connectivity index (χ1) is 13.7. The summed E-state index contributed by atoms with van der Waals surface area (Å²) in [5.41, 5.74) is 3.93. The third-order valence-corrected chi connectivity index (χ3v) is 4.38. The van der Waals surface area contributed by atoms with Crippen molar-refractivity contribution in [2.24, 2.45) is 0 Å². The lowest BCUT2D eigenvalue weighted by Gasteiger charge is -2.08. The third-order valence-electron chi connectivity index (χ3n) is 4.38. The van der Waals surface area contributed by atoms with Crippen molar-refractivity contribution in [2.75, 3.05) is 11.9 Å². The fourth-order valence-electron chi connectivity index (χ4n) is 2.93. The van der Waals surface area contributed by atoms with Crippen LogP contribution in [0.1, 0.15) is 23.7 Å². The zero-order chi connectivity index (χ0) is 19.3. The molecule has 0 atom stereocenters. The van der Waals surface area contributed by atoms with Crippen molar-refractivity contribution in [3.63, 3.8) is 0 Å². The molecule has 2 aromatic heterocycles. The monoisotopic (exact) mass is 371 g/mol. The number of amides is 1. The van der Waals surface area contributed by atoms with E-state index in [1.807, 2.05) is 71.4 Å². The molecule has 0 unspecified atom stereocenters. The van der Waals surface area contributed by atoms with Crippen LogP contribution in [0.4, 0.5) is 5.69 Å². The number of fused-ring (bicyclic) bond motifs is 1. The van der Waals surface area contributed by atoms with Gasteiger partial charge in [0.15, 0.2) is 0 Å². The van der Waals surface area contributed by atoms with Crippen LogP contribution in [-0.4, -0.2) is 21.9 Å². The van der Waals surface area contributed by atoms with E-state index in [2.05, 4.69) is 17.2 Å². The molecule has 0 saturated heterocycles. The second-order valence-electron chi connectivity index (χ2n) is 6.50. The molecule has 28 heavy (non-hydrogen) atoms. The van der Waals surface area contributed by atoms with E-state index in [1.54, 1.807) is 12.1 Å². The Hall–Kier alpha value is -3.60. The predicted molar refractivity (Wildman–Crippen MR) is 111 cm³/mol. The Morgan fingerprint density at radius 3 is 2.61 bits per heavy atom. The van der Waals surface area contributed by atoms with Gasteiger partial charge in [0.2, 0.25) is 0 Å². The second kappa shape index (κ2) is 7.96. The van der Waals surface area contributed by atoms with Gasteiger partial charge >= 0.3 is 0 Å². The van der Waals surface area contributed by atoms with E-state index in [1.165, 1.54) is 0 Å². The summed E-state index contributed by atoms with van der Waals surface area (Å²) < 4.78 is 7.48. The highest BCUT2D eigenvalue weighted by atomic mass is 16.5. The van der Waals surface area contributed by atoms with Crippen LogP contribution in [0.5, 0.6) is 5.75 Å². The number of carbonyl (C=O) groups excluding carboxylic acids is 1. The van der Waals surface area contributed by atoms with E-state index in [9.17, 15) is 4.79 Å². The topological polar surface area (TPSA) is 55.6 Å². The number of anilines is 1. The molecule has 0 spiro atoms. The van der Waals surface area contributed by atoms with Gasteiger partial charge in [0, 0.05) is 29.2 Å². The summed E-state index contributed by atoms with van der Waals surface area (Å²) in [4.78, 5) is 17.3. The van der Waals surface area contributed by atoms with Crippen LogP contribution in [0.25, 0.3) is 16.9 Å². The summed E-state index contributed by atoms with van der Waals surface area (Å²) in [7, 11) is 0. The highest BCUT2D eigenvalue weighted by Gasteiger charge is 2.10. The molecule has 1 N–H and O–H groups in total. The molecular formula is C23H21N3O2. The largest absolute Gasteiger partial charge is 0.494 e. The van der Waals surface area contributed by atoms with Crippen molar-refractivity contribution in [1.29, 1.82) is 0 Å². The first-order valence-corrected chi connectivity index (χ1v) is 9.31. The van der Waals surface area contributed by atoms with Crippen LogP contribution >= 0.6 is 0 Å². The lowest BCUT2D eigenvalue weighted by Crippen LogP contribution is -2.12. The molecule has 4 rings (SSSR count). The molecule has 0 fully saturated rings. The Morgan fingerprint density at radius 2 is 1.86 bits per heavy atom. The van der Waals surface area contributed by atoms with Crippen molar-refractivity contribution in [2.45, 2.75) is 13.3 Å². The van der Waals surface area contributed by atoms with Gasteiger partial charge < -0.3 is 14.5 Å². The van der Waals surface area contributed by atoms with Crippen LogP contribution in [0.3, 0.4) is 0 Å². The van der Waals surface area contributed by atoms with Crippen LogP contribution in [0, 0.1) is 0 Å². The van der Waals surface area contributed by atoms with Crippen molar-refractivity contribution >= 4 is 17.2 Å². The maximum atomic E-state index is 12.6. The van der Waals surface area contributed by atoms with E-state index in [4.69, 9.17) is 4.74 Å². The van der Waals surface area contributed by atoms with Gasteiger partial charge in [-0.15, -0.1) is 0 Å². The number of ether oxygens (including phenoxy) is 1. The van der Waals surface area contributed by atoms with Gasteiger partial charge in [-0.05, 0) is 42.8 Å². The Balaban J connectivity index is 1.51. The zero-order valence-electron chi connectivity index (χ0n) is 15.6. The molecule has 140 valence electrons. The summed E-state index contributed by atoms with van der Waals surface area (Å²) in [6.45, 7) is 2.75. The number of pyridine rings is 1. The number of imidazole rings is 1. The molecule has 0 radical (unpaired) electrons. The number of rotatable bonds is 6. The summed E-state index contributed by atoms with van der Waals surface area (Å²) in [5.74, 6) is 0.626. The van der Waals surface area contributed by atoms with E-state index in [0.29, 0.717) is 12.2 Å². The Bertz CT molecular complexity index is 1090. The maximum Gasteiger partial charge on any atom is 0.255 e. The number of hydrogen-bond donors (Lipinski definition) is 1. The van der Waals surface area contributed by atoms with E-state index < -0.39 is 0 Å². The smallest absolute Gasteiger partial charge is 0.255 e. The van der Waals surface area contributed by atoms with Gasteiger partial charge in [-0.1, -0.05) is 37.3 Å². The SMILES string of the molecule is CCCOc1ccc(NC(=O)c2ccn3cc(-c4ccccc4)nc3c2)cc1. The van der Waals surface area contributed by atoms with Crippen molar-refractivity contribution < 1.29 is 9.53 Å². The number of aromatic nitrogens is 2. The highest BCUT2D eigenvalue weighted by molar-refractivity contribution is 6.04. The summed E-state index contributed by atoms with van der Waals surface area (Å²) >= 11 is 0. The molecule has 2 heterocycles. The Kier molecular flexibility index (Phi) is 5.06. The van der Waals surface area contributed by atoms with Gasteiger partial charge in [-0.3, -0.25) is 4.79 Å². The minimum Gasteiger partial charge on any atom is -0.494 e. The Morgan fingerprint density at radius 1 is 1.07 bits per heavy atom. The third kappa shape index (κ3) is 3.88. The summed E-state index contributed by atoms with van der Waals surface area (Å²) in [6.07, 6.45) is 4.77. The second-order valence-corrected chi connectivity index (χ2v) is 6.50. The van der Waals surface area contributed by atoms with Crippen LogP contribution in [0.15, 0.2) is 79.1 Å².